The molecule has 1 N–H and O–H groups in total. The van der Waals surface area contributed by atoms with Gasteiger partial charge in [-0.05, 0) is 18.1 Å². The van der Waals surface area contributed by atoms with Gasteiger partial charge in [-0.3, -0.25) is 14.3 Å². The van der Waals surface area contributed by atoms with E-state index in [0.717, 1.165) is 5.56 Å². The first-order chi connectivity index (χ1) is 10.1. The Hall–Kier alpha value is -2.63. The average Bonchev–Trinajstić information content (AvgIpc) is 2.89. The van der Waals surface area contributed by atoms with E-state index in [1.54, 1.807) is 13.1 Å². The molecule has 2 aromatic rings. The molecule has 2 rings (SSSR count). The number of aryl methyl sites for hydroxylation is 1. The van der Waals surface area contributed by atoms with Crippen molar-refractivity contribution in [3.8, 4) is 0 Å². The van der Waals surface area contributed by atoms with Crippen molar-refractivity contribution in [3.05, 3.63) is 53.9 Å². The number of carbonyl (C=O) groups excluding carboxylic acids is 1. The van der Waals surface area contributed by atoms with Gasteiger partial charge >= 0.3 is 5.97 Å². The van der Waals surface area contributed by atoms with Crippen LogP contribution in [0.2, 0.25) is 0 Å². The Morgan fingerprint density at radius 1 is 1.24 bits per heavy atom. The summed E-state index contributed by atoms with van der Waals surface area (Å²) in [6.45, 7) is 0.0250. The summed E-state index contributed by atoms with van der Waals surface area (Å²) >= 11 is 0. The van der Waals surface area contributed by atoms with E-state index >= 15 is 0 Å². The van der Waals surface area contributed by atoms with E-state index in [-0.39, 0.29) is 12.5 Å². The van der Waals surface area contributed by atoms with Gasteiger partial charge in [0, 0.05) is 19.8 Å². The highest BCUT2D eigenvalue weighted by atomic mass is 16.4. The van der Waals surface area contributed by atoms with Gasteiger partial charge in [0.1, 0.15) is 12.2 Å². The highest BCUT2D eigenvalue weighted by Gasteiger charge is 2.20. The third-order valence-corrected chi connectivity index (χ3v) is 3.17. The molecule has 0 aliphatic carbocycles. The summed E-state index contributed by atoms with van der Waals surface area (Å²) in [4.78, 5) is 24.7. The van der Waals surface area contributed by atoms with Crippen LogP contribution in [0.15, 0.2) is 42.6 Å². The Morgan fingerprint density at radius 3 is 2.52 bits per heavy atom. The fourth-order valence-electron chi connectivity index (χ4n) is 2.07. The number of carbonyl (C=O) groups is 2. The molecule has 0 saturated heterocycles. The minimum atomic E-state index is -1.03. The molecule has 1 aromatic heterocycles. The van der Waals surface area contributed by atoms with E-state index < -0.39 is 5.97 Å². The normalized spacial score (nSPS) is 10.3. The van der Waals surface area contributed by atoms with Gasteiger partial charge in [0.2, 0.25) is 0 Å². The Morgan fingerprint density at radius 2 is 1.95 bits per heavy atom. The molecule has 0 radical (unpaired) electrons. The molecule has 110 valence electrons. The first-order valence-corrected chi connectivity index (χ1v) is 6.61. The van der Waals surface area contributed by atoms with Crippen molar-refractivity contribution in [3.63, 3.8) is 0 Å². The maximum atomic E-state index is 12.4. The number of benzene rings is 1. The monoisotopic (exact) mass is 287 g/mol. The zero-order valence-electron chi connectivity index (χ0n) is 11.8. The molecule has 0 saturated carbocycles. The summed E-state index contributed by atoms with van der Waals surface area (Å²) in [6, 6.07) is 11.2. The van der Waals surface area contributed by atoms with Crippen molar-refractivity contribution in [1.29, 1.82) is 0 Å². The van der Waals surface area contributed by atoms with Gasteiger partial charge in [-0.25, -0.2) is 0 Å². The molecule has 0 fully saturated rings. The van der Waals surface area contributed by atoms with Crippen molar-refractivity contribution in [2.24, 2.45) is 7.05 Å². The summed E-state index contributed by atoms with van der Waals surface area (Å²) in [5, 5.41) is 12.9. The number of carboxylic acid groups (broad SMARTS) is 1. The third kappa shape index (κ3) is 3.92. The highest BCUT2D eigenvalue weighted by molar-refractivity contribution is 5.94. The van der Waals surface area contributed by atoms with E-state index in [4.69, 9.17) is 5.11 Å². The predicted octanol–water partition coefficient (Wildman–Crippen LogP) is 1.19. The quantitative estimate of drug-likeness (QED) is 0.866. The van der Waals surface area contributed by atoms with Gasteiger partial charge in [0.25, 0.3) is 5.91 Å². The number of carboxylic acids is 1. The van der Waals surface area contributed by atoms with E-state index in [1.165, 1.54) is 15.8 Å². The number of nitrogens with zero attached hydrogens (tertiary/aromatic N) is 3. The summed E-state index contributed by atoms with van der Waals surface area (Å²) in [6.07, 6.45) is 2.13. The molecule has 1 heterocycles. The van der Waals surface area contributed by atoms with Crippen LogP contribution in [0.25, 0.3) is 0 Å². The molecule has 0 aliphatic heterocycles. The summed E-state index contributed by atoms with van der Waals surface area (Å²) in [7, 11) is 1.66. The Bertz CT molecular complexity index is 622. The molecule has 0 bridgehead atoms. The maximum absolute atomic E-state index is 12.4. The SMILES string of the molecule is Cn1nccc1C(=O)N(CCc1ccccc1)CC(=O)O. The second kappa shape index (κ2) is 6.69. The third-order valence-electron chi connectivity index (χ3n) is 3.17. The Labute approximate surface area is 122 Å². The van der Waals surface area contributed by atoms with Crippen LogP contribution in [0.5, 0.6) is 0 Å². The number of rotatable bonds is 6. The summed E-state index contributed by atoms with van der Waals surface area (Å²) in [5.41, 5.74) is 1.44. The zero-order chi connectivity index (χ0) is 15.2. The number of aromatic nitrogens is 2. The molecular formula is C15H17N3O3. The van der Waals surface area contributed by atoms with Crippen LogP contribution >= 0.6 is 0 Å². The molecule has 0 aliphatic rings. The molecule has 6 heteroatoms. The van der Waals surface area contributed by atoms with Crippen LogP contribution < -0.4 is 0 Å². The topological polar surface area (TPSA) is 75.4 Å². The minimum absolute atomic E-state index is 0.323. The van der Waals surface area contributed by atoms with Crippen molar-refractivity contribution in [1.82, 2.24) is 14.7 Å². The highest BCUT2D eigenvalue weighted by Crippen LogP contribution is 2.06. The van der Waals surface area contributed by atoms with Crippen LogP contribution in [0.3, 0.4) is 0 Å². The number of amides is 1. The van der Waals surface area contributed by atoms with E-state index in [1.807, 2.05) is 30.3 Å². The number of hydrogen-bond donors (Lipinski definition) is 1. The van der Waals surface area contributed by atoms with Crippen molar-refractivity contribution in [2.45, 2.75) is 6.42 Å². The first-order valence-electron chi connectivity index (χ1n) is 6.61. The second-order valence-corrected chi connectivity index (χ2v) is 4.70. The maximum Gasteiger partial charge on any atom is 0.323 e. The standard InChI is InChI=1S/C15H17N3O3/c1-17-13(7-9-16-17)15(21)18(11-14(19)20)10-8-12-5-3-2-4-6-12/h2-7,9H,8,10-11H2,1H3,(H,19,20). The lowest BCUT2D eigenvalue weighted by Gasteiger charge is -2.20. The lowest BCUT2D eigenvalue weighted by molar-refractivity contribution is -0.137. The van der Waals surface area contributed by atoms with E-state index in [9.17, 15) is 9.59 Å². The molecule has 6 nitrogen and oxygen atoms in total. The van der Waals surface area contributed by atoms with Crippen molar-refractivity contribution >= 4 is 11.9 Å². The van der Waals surface area contributed by atoms with Gasteiger partial charge in [-0.15, -0.1) is 0 Å². The largest absolute Gasteiger partial charge is 0.480 e. The van der Waals surface area contributed by atoms with Crippen LogP contribution in [-0.4, -0.2) is 44.8 Å². The van der Waals surface area contributed by atoms with E-state index in [2.05, 4.69) is 5.10 Å². The smallest absolute Gasteiger partial charge is 0.323 e. The Kier molecular flexibility index (Phi) is 4.71. The molecule has 1 amide bonds. The zero-order valence-corrected chi connectivity index (χ0v) is 11.8. The van der Waals surface area contributed by atoms with Crippen LogP contribution in [0.1, 0.15) is 16.1 Å². The van der Waals surface area contributed by atoms with Crippen molar-refractivity contribution in [2.75, 3.05) is 13.1 Å². The van der Waals surface area contributed by atoms with E-state index in [0.29, 0.717) is 18.7 Å². The molecule has 0 unspecified atom stereocenters. The van der Waals surface area contributed by atoms with Gasteiger partial charge < -0.3 is 10.0 Å². The van der Waals surface area contributed by atoms with Crippen molar-refractivity contribution < 1.29 is 14.7 Å². The van der Waals surface area contributed by atoms with Crippen LogP contribution in [0, 0.1) is 0 Å². The fraction of sp³-hybridized carbons (Fsp3) is 0.267. The molecule has 1 aromatic carbocycles. The lowest BCUT2D eigenvalue weighted by Crippen LogP contribution is -2.38. The fourth-order valence-corrected chi connectivity index (χ4v) is 2.07. The predicted molar refractivity (Wildman–Crippen MR) is 76.9 cm³/mol. The molecule has 21 heavy (non-hydrogen) atoms. The lowest BCUT2D eigenvalue weighted by atomic mass is 10.1. The van der Waals surface area contributed by atoms with Gasteiger partial charge in [0.15, 0.2) is 0 Å². The van der Waals surface area contributed by atoms with Crippen LogP contribution in [0.4, 0.5) is 0 Å². The average molecular weight is 287 g/mol. The number of aliphatic carboxylic acids is 1. The van der Waals surface area contributed by atoms with Gasteiger partial charge in [0.05, 0.1) is 0 Å². The molecular weight excluding hydrogens is 270 g/mol. The second-order valence-electron chi connectivity index (χ2n) is 4.70. The van der Waals surface area contributed by atoms with Crippen LogP contribution in [-0.2, 0) is 18.3 Å². The van der Waals surface area contributed by atoms with Gasteiger partial charge in [-0.2, -0.15) is 5.10 Å². The minimum Gasteiger partial charge on any atom is -0.480 e. The Balaban J connectivity index is 2.09. The molecule has 0 atom stereocenters. The number of hydrogen-bond acceptors (Lipinski definition) is 3. The first kappa shape index (κ1) is 14.8. The van der Waals surface area contributed by atoms with Gasteiger partial charge in [-0.1, -0.05) is 30.3 Å². The summed E-state index contributed by atoms with van der Waals surface area (Å²) < 4.78 is 1.44. The summed E-state index contributed by atoms with van der Waals surface area (Å²) in [5.74, 6) is -1.35. The molecule has 0 spiro atoms.